The maximum Gasteiger partial charge on any atom is 0.416 e. The minimum Gasteiger partial charge on any atom is -0.437 e. The number of aryl methyl sites for hydroxylation is 1. The summed E-state index contributed by atoms with van der Waals surface area (Å²) in [5, 5.41) is 18.4. The highest BCUT2D eigenvalue weighted by Crippen LogP contribution is 2.39. The van der Waals surface area contributed by atoms with Crippen molar-refractivity contribution < 1.29 is 17.9 Å². The molecule has 0 aliphatic rings. The van der Waals surface area contributed by atoms with E-state index in [2.05, 4.69) is 10.1 Å². The molecule has 6 nitrogen and oxygen atoms in total. The van der Waals surface area contributed by atoms with Crippen molar-refractivity contribution in [3.05, 3.63) is 65.4 Å². The highest BCUT2D eigenvalue weighted by Gasteiger charge is 2.31. The van der Waals surface area contributed by atoms with Crippen molar-refractivity contribution in [1.29, 1.82) is 10.8 Å². The normalized spacial score (nSPS) is 11.3. The first-order valence-electron chi connectivity index (χ1n) is 7.87. The highest BCUT2D eigenvalue weighted by molar-refractivity contribution is 6.64. The molecule has 0 saturated heterocycles. The molecular weight excluding hydrogens is 395 g/mol. The fraction of sp³-hybridized carbons (Fsp3) is 0.111. The van der Waals surface area contributed by atoms with E-state index in [-0.39, 0.29) is 17.1 Å². The molecule has 3 aromatic rings. The van der Waals surface area contributed by atoms with Gasteiger partial charge < -0.3 is 4.74 Å². The Balaban J connectivity index is 2.15. The zero-order chi connectivity index (χ0) is 20.5. The Labute approximate surface area is 162 Å². The molecule has 28 heavy (non-hydrogen) atoms. The molecule has 0 amide bonds. The van der Waals surface area contributed by atoms with Gasteiger partial charge in [-0.05, 0) is 48.9 Å². The minimum absolute atomic E-state index is 0.0937. The van der Waals surface area contributed by atoms with Crippen LogP contribution in [-0.4, -0.2) is 20.1 Å². The number of hydrogen-bond donors (Lipinski definition) is 2. The van der Waals surface area contributed by atoms with Crippen LogP contribution in [-0.2, 0) is 6.18 Å². The van der Waals surface area contributed by atoms with Crippen molar-refractivity contribution >= 4 is 16.9 Å². The van der Waals surface area contributed by atoms with Gasteiger partial charge in [0.05, 0.1) is 5.56 Å². The first kappa shape index (κ1) is 19.6. The monoisotopic (exact) mass is 407 g/mol. The van der Waals surface area contributed by atoms with Crippen LogP contribution >= 0.6 is 11.6 Å². The van der Waals surface area contributed by atoms with Crippen molar-refractivity contribution in [2.75, 3.05) is 0 Å². The summed E-state index contributed by atoms with van der Waals surface area (Å²) in [4.78, 5) is 4.16. The third kappa shape index (κ3) is 4.04. The molecule has 0 aliphatic heterocycles. The van der Waals surface area contributed by atoms with E-state index in [1.807, 2.05) is 0 Å². The van der Waals surface area contributed by atoms with Gasteiger partial charge in [-0.1, -0.05) is 6.07 Å². The predicted octanol–water partition coefficient (Wildman–Crippen LogP) is 4.57. The van der Waals surface area contributed by atoms with Gasteiger partial charge in [0.1, 0.15) is 11.2 Å². The molecule has 0 bridgehead atoms. The van der Waals surface area contributed by atoms with Gasteiger partial charge >= 0.3 is 6.18 Å². The molecule has 0 aliphatic carbocycles. The van der Waals surface area contributed by atoms with E-state index in [1.165, 1.54) is 18.2 Å². The molecular formula is C18H13ClF3N5O. The maximum absolute atomic E-state index is 13.2. The van der Waals surface area contributed by atoms with Crippen LogP contribution in [0.4, 0.5) is 13.2 Å². The number of pyridine rings is 1. The van der Waals surface area contributed by atoms with Gasteiger partial charge in [-0.3, -0.25) is 15.8 Å². The van der Waals surface area contributed by atoms with Crippen LogP contribution in [0.5, 0.6) is 11.6 Å². The minimum atomic E-state index is -4.56. The number of alkyl halides is 3. The Morgan fingerprint density at radius 1 is 1.14 bits per heavy atom. The van der Waals surface area contributed by atoms with Crippen LogP contribution < -0.4 is 10.2 Å². The van der Waals surface area contributed by atoms with E-state index in [0.29, 0.717) is 16.8 Å². The van der Waals surface area contributed by atoms with Crippen LogP contribution in [0.2, 0.25) is 0 Å². The highest BCUT2D eigenvalue weighted by atomic mass is 35.5. The Bertz CT molecular complexity index is 1110. The molecule has 10 heteroatoms. The molecule has 0 spiro atoms. The topological polar surface area (TPSA) is 87.6 Å². The number of hydrogen-bond acceptors (Lipinski definition) is 5. The fourth-order valence-electron chi connectivity index (χ4n) is 2.50. The molecule has 0 saturated carbocycles. The van der Waals surface area contributed by atoms with Crippen LogP contribution in [0.15, 0.2) is 48.7 Å². The predicted molar refractivity (Wildman–Crippen MR) is 96.5 cm³/mol. The number of benzene rings is 1. The average molecular weight is 408 g/mol. The van der Waals surface area contributed by atoms with Gasteiger partial charge in [0, 0.05) is 29.1 Å². The molecule has 144 valence electrons. The molecule has 0 atom stereocenters. The van der Waals surface area contributed by atoms with Crippen LogP contribution in [0.3, 0.4) is 0 Å². The van der Waals surface area contributed by atoms with E-state index in [1.54, 1.807) is 25.3 Å². The zero-order valence-corrected chi connectivity index (χ0v) is 15.1. The lowest BCUT2D eigenvalue weighted by atomic mass is 10.0. The zero-order valence-electron chi connectivity index (χ0n) is 14.4. The Morgan fingerprint density at radius 2 is 1.89 bits per heavy atom. The number of ether oxygens (including phenoxy) is 1. The van der Waals surface area contributed by atoms with E-state index >= 15 is 0 Å². The van der Waals surface area contributed by atoms with Gasteiger partial charge in [-0.2, -0.15) is 17.9 Å². The van der Waals surface area contributed by atoms with Crippen LogP contribution in [0, 0.1) is 17.7 Å². The van der Waals surface area contributed by atoms with Crippen LogP contribution in [0.1, 0.15) is 11.3 Å². The summed E-state index contributed by atoms with van der Waals surface area (Å²) in [6.07, 6.45) is -2.98. The Hall–Kier alpha value is -3.20. The van der Waals surface area contributed by atoms with E-state index in [0.717, 1.165) is 16.8 Å². The fourth-order valence-corrected chi connectivity index (χ4v) is 2.63. The number of nitrogens with zero attached hydrogens (tertiary/aromatic N) is 3. The maximum atomic E-state index is 13.2. The molecule has 0 radical (unpaired) electrons. The summed E-state index contributed by atoms with van der Waals surface area (Å²) < 4.78 is 45.9. The Morgan fingerprint density at radius 3 is 2.54 bits per heavy atom. The lowest BCUT2D eigenvalue weighted by Gasteiger charge is -2.15. The summed E-state index contributed by atoms with van der Waals surface area (Å²) in [5.41, 5.74) is 0.533. The largest absolute Gasteiger partial charge is 0.437 e. The van der Waals surface area contributed by atoms with Crippen molar-refractivity contribution in [2.45, 2.75) is 13.1 Å². The molecule has 2 N–H and O–H groups in total. The summed E-state index contributed by atoms with van der Waals surface area (Å²) >= 11 is 5.57. The second-order valence-corrected chi connectivity index (χ2v) is 6.06. The van der Waals surface area contributed by atoms with Gasteiger partial charge in [-0.15, -0.1) is 5.10 Å². The summed E-state index contributed by atoms with van der Waals surface area (Å²) in [5.74, 6) is -0.215. The smallest absolute Gasteiger partial charge is 0.416 e. The number of aromatic nitrogens is 3. The lowest BCUT2D eigenvalue weighted by Crippen LogP contribution is -2.25. The van der Waals surface area contributed by atoms with Crippen molar-refractivity contribution in [3.63, 3.8) is 0 Å². The molecule has 2 aromatic heterocycles. The summed E-state index contributed by atoms with van der Waals surface area (Å²) in [6, 6.07) is 9.09. The third-order valence-electron chi connectivity index (χ3n) is 3.82. The SMILES string of the molecule is Cc1ncccc1-c1ccc(C(F)(F)F)cc1Oc1ccc(=N)n(C(=N)Cl)n1. The molecule has 1 aromatic carbocycles. The van der Waals surface area contributed by atoms with Crippen molar-refractivity contribution in [3.8, 4) is 22.8 Å². The molecule has 0 fully saturated rings. The standard InChI is InChI=1S/C18H13ClF3N5O/c1-10-12(3-2-8-25-10)13-5-4-11(18(20,21)22)9-14(13)28-16-7-6-15(23)27(26-16)17(19)24/h2-9,23-24H,1H3. The first-order chi connectivity index (χ1) is 13.2. The average Bonchev–Trinajstić information content (AvgIpc) is 2.63. The summed E-state index contributed by atoms with van der Waals surface area (Å²) in [6.45, 7) is 1.73. The third-order valence-corrected chi connectivity index (χ3v) is 3.98. The number of halogens is 4. The van der Waals surface area contributed by atoms with Gasteiger partial charge in [-0.25, -0.2) is 0 Å². The van der Waals surface area contributed by atoms with Gasteiger partial charge in [0.25, 0.3) is 0 Å². The van der Waals surface area contributed by atoms with E-state index in [4.69, 9.17) is 27.2 Å². The van der Waals surface area contributed by atoms with Crippen molar-refractivity contribution in [2.24, 2.45) is 0 Å². The Kier molecular flexibility index (Phi) is 5.19. The van der Waals surface area contributed by atoms with Crippen LogP contribution in [0.25, 0.3) is 11.1 Å². The van der Waals surface area contributed by atoms with Crippen molar-refractivity contribution in [1.82, 2.24) is 14.8 Å². The molecule has 3 rings (SSSR count). The van der Waals surface area contributed by atoms with E-state index in [9.17, 15) is 13.2 Å². The summed E-state index contributed by atoms with van der Waals surface area (Å²) in [7, 11) is 0. The van der Waals surface area contributed by atoms with Gasteiger partial charge in [0.15, 0.2) is 0 Å². The number of rotatable bonds is 3. The lowest BCUT2D eigenvalue weighted by molar-refractivity contribution is -0.137. The molecule has 0 unspecified atom stereocenters. The number of nitrogens with one attached hydrogen (secondary N) is 2. The van der Waals surface area contributed by atoms with Gasteiger partial charge in [0.2, 0.25) is 11.2 Å². The quantitative estimate of drug-likeness (QED) is 0.492. The second kappa shape index (κ2) is 7.43. The van der Waals surface area contributed by atoms with E-state index < -0.39 is 17.0 Å². The first-order valence-corrected chi connectivity index (χ1v) is 8.25. The second-order valence-electron chi connectivity index (χ2n) is 5.71. The molecule has 2 heterocycles.